The fraction of sp³-hybridized carbons (Fsp3) is 0.467. The zero-order valence-electron chi connectivity index (χ0n) is 11.1. The van der Waals surface area contributed by atoms with E-state index in [4.69, 9.17) is 0 Å². The van der Waals surface area contributed by atoms with Crippen LogP contribution in [0.5, 0.6) is 0 Å². The molecule has 2 aliphatic rings. The molecule has 1 atom stereocenters. The van der Waals surface area contributed by atoms with Crippen LogP contribution in [0.1, 0.15) is 29.6 Å². The summed E-state index contributed by atoms with van der Waals surface area (Å²) in [6.45, 7) is 1.30. The van der Waals surface area contributed by atoms with Crippen LogP contribution in [-0.4, -0.2) is 35.8 Å². The molecule has 1 aliphatic heterocycles. The number of rotatable bonds is 3. The summed E-state index contributed by atoms with van der Waals surface area (Å²) in [5, 5.41) is 2.90. The van der Waals surface area contributed by atoms with Gasteiger partial charge < -0.3 is 10.2 Å². The van der Waals surface area contributed by atoms with E-state index >= 15 is 0 Å². The molecule has 0 spiro atoms. The fourth-order valence-electron chi connectivity index (χ4n) is 2.54. The highest BCUT2D eigenvalue weighted by molar-refractivity contribution is 5.94. The number of halogens is 1. The second-order valence-corrected chi connectivity index (χ2v) is 5.52. The molecule has 1 aliphatic carbocycles. The minimum Gasteiger partial charge on any atom is -0.347 e. The number of hydrogen-bond donors (Lipinski definition) is 1. The third-order valence-corrected chi connectivity index (χ3v) is 3.87. The molecule has 1 N–H and O–H groups in total. The maximum atomic E-state index is 12.8. The van der Waals surface area contributed by atoms with Gasteiger partial charge in [0, 0.05) is 30.6 Å². The molecule has 0 radical (unpaired) electrons. The number of likely N-dealkylation sites (tertiary alicyclic amines) is 1. The van der Waals surface area contributed by atoms with Crippen molar-refractivity contribution in [1.29, 1.82) is 0 Å². The third kappa shape index (κ3) is 2.81. The Morgan fingerprint density at radius 1 is 1.15 bits per heavy atom. The van der Waals surface area contributed by atoms with Crippen molar-refractivity contribution in [3.05, 3.63) is 35.6 Å². The monoisotopic (exact) mass is 276 g/mol. The maximum absolute atomic E-state index is 12.8. The molecule has 0 unspecified atom stereocenters. The lowest BCUT2D eigenvalue weighted by molar-refractivity contribution is -0.131. The fourth-order valence-corrected chi connectivity index (χ4v) is 2.54. The van der Waals surface area contributed by atoms with Gasteiger partial charge in [-0.15, -0.1) is 0 Å². The first-order valence-corrected chi connectivity index (χ1v) is 6.99. The van der Waals surface area contributed by atoms with Crippen LogP contribution in [0.15, 0.2) is 24.3 Å². The van der Waals surface area contributed by atoms with Crippen molar-refractivity contribution in [1.82, 2.24) is 10.2 Å². The van der Waals surface area contributed by atoms with E-state index in [1.165, 1.54) is 24.3 Å². The summed E-state index contributed by atoms with van der Waals surface area (Å²) in [6, 6.07) is 5.47. The predicted molar refractivity (Wildman–Crippen MR) is 71.6 cm³/mol. The molecule has 4 nitrogen and oxygen atoms in total. The Kier molecular flexibility index (Phi) is 3.42. The molecule has 1 saturated carbocycles. The Morgan fingerprint density at radius 2 is 1.85 bits per heavy atom. The van der Waals surface area contributed by atoms with Gasteiger partial charge in [-0.2, -0.15) is 0 Å². The Morgan fingerprint density at radius 3 is 2.50 bits per heavy atom. The second-order valence-electron chi connectivity index (χ2n) is 5.52. The van der Waals surface area contributed by atoms with Gasteiger partial charge in [-0.1, -0.05) is 0 Å². The molecule has 20 heavy (non-hydrogen) atoms. The summed E-state index contributed by atoms with van der Waals surface area (Å²) in [6.07, 6.45) is 2.79. The van der Waals surface area contributed by atoms with Crippen LogP contribution >= 0.6 is 0 Å². The molecule has 1 aromatic carbocycles. The Labute approximate surface area is 117 Å². The normalized spacial score (nSPS) is 21.9. The van der Waals surface area contributed by atoms with Crippen LogP contribution in [0.25, 0.3) is 0 Å². The number of amides is 2. The molecule has 1 heterocycles. The van der Waals surface area contributed by atoms with Crippen LogP contribution in [-0.2, 0) is 4.79 Å². The van der Waals surface area contributed by atoms with Gasteiger partial charge in [-0.05, 0) is 43.5 Å². The Hall–Kier alpha value is -1.91. The van der Waals surface area contributed by atoms with Gasteiger partial charge in [0.05, 0.1) is 0 Å². The summed E-state index contributed by atoms with van der Waals surface area (Å²) in [4.78, 5) is 25.8. The molecule has 3 rings (SSSR count). The van der Waals surface area contributed by atoms with E-state index in [2.05, 4.69) is 5.32 Å². The molecule has 0 bridgehead atoms. The highest BCUT2D eigenvalue weighted by Crippen LogP contribution is 2.32. The lowest BCUT2D eigenvalue weighted by atomic mass is 10.2. The van der Waals surface area contributed by atoms with Crippen LogP contribution in [0.3, 0.4) is 0 Å². The summed E-state index contributed by atoms with van der Waals surface area (Å²) < 4.78 is 12.8. The molecule has 1 aromatic rings. The zero-order chi connectivity index (χ0) is 14.1. The number of hydrogen-bond acceptors (Lipinski definition) is 2. The minimum atomic E-state index is -0.358. The van der Waals surface area contributed by atoms with E-state index in [-0.39, 0.29) is 29.6 Å². The van der Waals surface area contributed by atoms with Crippen molar-refractivity contribution < 1.29 is 14.0 Å². The molecule has 5 heteroatoms. The van der Waals surface area contributed by atoms with Gasteiger partial charge >= 0.3 is 0 Å². The van der Waals surface area contributed by atoms with E-state index < -0.39 is 0 Å². The van der Waals surface area contributed by atoms with E-state index in [9.17, 15) is 14.0 Å². The smallest absolute Gasteiger partial charge is 0.251 e. The quantitative estimate of drug-likeness (QED) is 0.911. The van der Waals surface area contributed by atoms with Crippen molar-refractivity contribution in [3.8, 4) is 0 Å². The Balaban J connectivity index is 1.54. The predicted octanol–water partition coefficient (Wildman–Crippen LogP) is 1.57. The highest BCUT2D eigenvalue weighted by Gasteiger charge is 2.36. The first-order valence-electron chi connectivity index (χ1n) is 6.99. The van der Waals surface area contributed by atoms with Gasteiger partial charge in [0.1, 0.15) is 5.82 Å². The average Bonchev–Trinajstić information content (AvgIpc) is 3.19. The summed E-state index contributed by atoms with van der Waals surface area (Å²) >= 11 is 0. The first-order chi connectivity index (χ1) is 9.63. The van der Waals surface area contributed by atoms with Crippen LogP contribution in [0.2, 0.25) is 0 Å². The molecule has 106 valence electrons. The summed E-state index contributed by atoms with van der Waals surface area (Å²) in [7, 11) is 0. The van der Waals surface area contributed by atoms with Crippen molar-refractivity contribution in [2.24, 2.45) is 5.92 Å². The molecular weight excluding hydrogens is 259 g/mol. The van der Waals surface area contributed by atoms with Gasteiger partial charge in [-0.25, -0.2) is 4.39 Å². The molecule has 2 amide bonds. The zero-order valence-corrected chi connectivity index (χ0v) is 11.1. The van der Waals surface area contributed by atoms with Gasteiger partial charge in [0.15, 0.2) is 0 Å². The van der Waals surface area contributed by atoms with Crippen LogP contribution in [0.4, 0.5) is 4.39 Å². The van der Waals surface area contributed by atoms with Crippen LogP contribution < -0.4 is 5.32 Å². The van der Waals surface area contributed by atoms with Gasteiger partial charge in [0.25, 0.3) is 5.91 Å². The Bertz CT molecular complexity index is 525. The number of carbonyl (C=O) groups is 2. The first kappa shape index (κ1) is 13.1. The van der Waals surface area contributed by atoms with E-state index in [1.807, 2.05) is 4.90 Å². The second kappa shape index (κ2) is 5.23. The standard InChI is InChI=1S/C15H17FN2O2/c16-12-5-3-10(4-6-12)14(19)17-13-7-8-18(9-13)15(20)11-1-2-11/h3-6,11,13H,1-2,7-9H2,(H,17,19)/t13-/m1/s1. The number of carbonyl (C=O) groups excluding carboxylic acids is 2. The molecular formula is C15H17FN2O2. The minimum absolute atomic E-state index is 0.00440. The van der Waals surface area contributed by atoms with Gasteiger partial charge in [-0.3, -0.25) is 9.59 Å². The summed E-state index contributed by atoms with van der Waals surface area (Å²) in [5.41, 5.74) is 0.443. The van der Waals surface area contributed by atoms with Crippen molar-refractivity contribution >= 4 is 11.8 Å². The van der Waals surface area contributed by atoms with Crippen molar-refractivity contribution in [3.63, 3.8) is 0 Å². The lowest BCUT2D eigenvalue weighted by Crippen LogP contribution is -2.38. The summed E-state index contributed by atoms with van der Waals surface area (Å²) in [5.74, 6) is -0.121. The van der Waals surface area contributed by atoms with Crippen molar-refractivity contribution in [2.75, 3.05) is 13.1 Å². The number of nitrogens with one attached hydrogen (secondary N) is 1. The largest absolute Gasteiger partial charge is 0.347 e. The van der Waals surface area contributed by atoms with E-state index in [0.29, 0.717) is 18.7 Å². The molecule has 1 saturated heterocycles. The number of nitrogens with zero attached hydrogens (tertiary/aromatic N) is 1. The van der Waals surface area contributed by atoms with Crippen molar-refractivity contribution in [2.45, 2.75) is 25.3 Å². The molecule has 2 fully saturated rings. The lowest BCUT2D eigenvalue weighted by Gasteiger charge is -2.16. The van der Waals surface area contributed by atoms with Gasteiger partial charge in [0.2, 0.25) is 5.91 Å². The van der Waals surface area contributed by atoms with E-state index in [1.54, 1.807) is 0 Å². The average molecular weight is 276 g/mol. The van der Waals surface area contributed by atoms with E-state index in [0.717, 1.165) is 19.3 Å². The topological polar surface area (TPSA) is 49.4 Å². The number of benzene rings is 1. The third-order valence-electron chi connectivity index (χ3n) is 3.87. The molecule has 0 aromatic heterocycles. The maximum Gasteiger partial charge on any atom is 0.251 e. The SMILES string of the molecule is O=C(N[C@@H]1CCN(C(=O)C2CC2)C1)c1ccc(F)cc1. The highest BCUT2D eigenvalue weighted by atomic mass is 19.1. The van der Waals surface area contributed by atoms with Crippen LogP contribution in [0, 0.1) is 11.7 Å².